The summed E-state index contributed by atoms with van der Waals surface area (Å²) in [6.45, 7) is 0. The Kier molecular flexibility index (Phi) is 1.88. The van der Waals surface area contributed by atoms with E-state index < -0.39 is 6.10 Å². The molecule has 2 N–H and O–H groups in total. The summed E-state index contributed by atoms with van der Waals surface area (Å²) in [5.74, 6) is 1.19. The van der Waals surface area contributed by atoms with Gasteiger partial charge in [0.2, 0.25) is 0 Å². The largest absolute Gasteiger partial charge is 0.456 e. The SMILES string of the molecule is Nc1cccc2c1C([O])c1ccccc1O2. The number of para-hydroxylation sites is 1. The summed E-state index contributed by atoms with van der Waals surface area (Å²) in [7, 11) is 0. The monoisotopic (exact) mass is 212 g/mol. The zero-order valence-corrected chi connectivity index (χ0v) is 8.51. The van der Waals surface area contributed by atoms with Gasteiger partial charge in [-0.3, -0.25) is 0 Å². The van der Waals surface area contributed by atoms with Crippen LogP contribution in [0, 0.1) is 0 Å². The third-order valence-electron chi connectivity index (χ3n) is 2.78. The molecule has 3 heteroatoms. The van der Waals surface area contributed by atoms with Crippen LogP contribution in [-0.2, 0) is 5.11 Å². The van der Waals surface area contributed by atoms with E-state index >= 15 is 0 Å². The molecule has 79 valence electrons. The second kappa shape index (κ2) is 3.25. The normalized spacial score (nSPS) is 17.2. The van der Waals surface area contributed by atoms with E-state index in [4.69, 9.17) is 10.5 Å². The molecule has 2 aromatic rings. The minimum absolute atomic E-state index is 0.493. The smallest absolute Gasteiger partial charge is 0.152 e. The van der Waals surface area contributed by atoms with Crippen molar-refractivity contribution < 1.29 is 9.84 Å². The lowest BCUT2D eigenvalue weighted by molar-refractivity contribution is 0.115. The fourth-order valence-electron chi connectivity index (χ4n) is 1.99. The first-order valence-corrected chi connectivity index (χ1v) is 5.08. The zero-order chi connectivity index (χ0) is 11.1. The van der Waals surface area contributed by atoms with Crippen molar-refractivity contribution in [3.8, 4) is 11.5 Å². The van der Waals surface area contributed by atoms with E-state index in [0.717, 1.165) is 0 Å². The minimum Gasteiger partial charge on any atom is -0.456 e. The molecule has 3 rings (SSSR count). The van der Waals surface area contributed by atoms with Crippen molar-refractivity contribution in [3.05, 3.63) is 53.6 Å². The van der Waals surface area contributed by atoms with Crippen LogP contribution in [0.25, 0.3) is 0 Å². The van der Waals surface area contributed by atoms with Crippen molar-refractivity contribution in [2.75, 3.05) is 5.73 Å². The summed E-state index contributed by atoms with van der Waals surface area (Å²) in [6.07, 6.45) is -0.957. The molecule has 0 saturated carbocycles. The molecule has 3 nitrogen and oxygen atoms in total. The Morgan fingerprint density at radius 1 is 1.00 bits per heavy atom. The Hall–Kier alpha value is -2.00. The first-order valence-electron chi connectivity index (χ1n) is 5.08. The van der Waals surface area contributed by atoms with Crippen LogP contribution in [0.5, 0.6) is 11.5 Å². The lowest BCUT2D eigenvalue weighted by Gasteiger charge is -2.24. The molecule has 0 bridgehead atoms. The highest BCUT2D eigenvalue weighted by Crippen LogP contribution is 2.45. The van der Waals surface area contributed by atoms with E-state index in [1.54, 1.807) is 30.3 Å². The highest BCUT2D eigenvalue weighted by molar-refractivity contribution is 5.62. The number of hydrogen-bond donors (Lipinski definition) is 1. The number of anilines is 1. The molecule has 1 atom stereocenters. The van der Waals surface area contributed by atoms with Crippen LogP contribution >= 0.6 is 0 Å². The Bertz CT molecular complexity index is 551. The first-order chi connectivity index (χ1) is 7.77. The second-order valence-electron chi connectivity index (χ2n) is 3.78. The van der Waals surface area contributed by atoms with Gasteiger partial charge in [-0.1, -0.05) is 24.3 Å². The molecule has 2 aromatic carbocycles. The number of nitrogen functional groups attached to an aromatic ring is 1. The van der Waals surface area contributed by atoms with Crippen LogP contribution in [0.3, 0.4) is 0 Å². The maximum atomic E-state index is 12.3. The molecule has 0 saturated heterocycles. The van der Waals surface area contributed by atoms with Gasteiger partial charge in [0.25, 0.3) is 0 Å². The van der Waals surface area contributed by atoms with Crippen LogP contribution in [0.2, 0.25) is 0 Å². The van der Waals surface area contributed by atoms with E-state index in [9.17, 15) is 5.11 Å². The molecular weight excluding hydrogens is 202 g/mol. The number of rotatable bonds is 0. The fourth-order valence-corrected chi connectivity index (χ4v) is 1.99. The van der Waals surface area contributed by atoms with Crippen LogP contribution in [-0.4, -0.2) is 0 Å². The van der Waals surface area contributed by atoms with Gasteiger partial charge in [0.15, 0.2) is 6.10 Å². The molecule has 0 aliphatic carbocycles. The van der Waals surface area contributed by atoms with Gasteiger partial charge in [-0.05, 0) is 18.2 Å². The predicted octanol–water partition coefficient (Wildman–Crippen LogP) is 2.89. The molecule has 0 fully saturated rings. The Morgan fingerprint density at radius 3 is 2.62 bits per heavy atom. The molecular formula is C13H10NO2. The number of benzene rings is 2. The summed E-state index contributed by atoms with van der Waals surface area (Å²) < 4.78 is 5.65. The predicted molar refractivity (Wildman–Crippen MR) is 59.9 cm³/mol. The Labute approximate surface area is 93.1 Å². The zero-order valence-electron chi connectivity index (χ0n) is 8.51. The summed E-state index contributed by atoms with van der Waals surface area (Å²) >= 11 is 0. The maximum Gasteiger partial charge on any atom is 0.152 e. The van der Waals surface area contributed by atoms with Gasteiger partial charge < -0.3 is 10.5 Å². The molecule has 1 radical (unpaired) electrons. The van der Waals surface area contributed by atoms with Crippen LogP contribution in [0.1, 0.15) is 17.2 Å². The standard InChI is InChI=1S/C13H10NO2/c14-9-5-3-7-11-12(9)13(15)8-4-1-2-6-10(8)16-11/h1-7,13H,14H2. The van der Waals surface area contributed by atoms with Crippen molar-refractivity contribution in [3.63, 3.8) is 0 Å². The molecule has 1 unspecified atom stereocenters. The lowest BCUT2D eigenvalue weighted by Crippen LogP contribution is -2.10. The van der Waals surface area contributed by atoms with Gasteiger partial charge in [0, 0.05) is 11.3 Å². The van der Waals surface area contributed by atoms with E-state index in [1.807, 2.05) is 12.1 Å². The van der Waals surface area contributed by atoms with Gasteiger partial charge >= 0.3 is 0 Å². The van der Waals surface area contributed by atoms with Crippen molar-refractivity contribution >= 4 is 5.69 Å². The summed E-state index contributed by atoms with van der Waals surface area (Å²) in [5.41, 5.74) is 7.49. The Morgan fingerprint density at radius 2 is 1.75 bits per heavy atom. The second-order valence-corrected chi connectivity index (χ2v) is 3.78. The number of nitrogens with two attached hydrogens (primary N) is 1. The van der Waals surface area contributed by atoms with Crippen molar-refractivity contribution in [2.24, 2.45) is 0 Å². The van der Waals surface area contributed by atoms with Gasteiger partial charge in [-0.25, -0.2) is 5.11 Å². The van der Waals surface area contributed by atoms with Gasteiger partial charge in [-0.15, -0.1) is 0 Å². The van der Waals surface area contributed by atoms with Crippen LogP contribution < -0.4 is 10.5 Å². The Balaban J connectivity index is 2.23. The van der Waals surface area contributed by atoms with Crippen molar-refractivity contribution in [1.82, 2.24) is 0 Å². The maximum absolute atomic E-state index is 12.3. The van der Waals surface area contributed by atoms with Crippen LogP contribution in [0.15, 0.2) is 42.5 Å². The summed E-state index contributed by atoms with van der Waals surface area (Å²) in [5, 5.41) is 12.3. The quantitative estimate of drug-likeness (QED) is 0.682. The molecule has 1 aliphatic heterocycles. The van der Waals surface area contributed by atoms with Gasteiger partial charge in [-0.2, -0.15) is 0 Å². The number of ether oxygens (including phenoxy) is 1. The van der Waals surface area contributed by atoms with E-state index in [0.29, 0.717) is 28.3 Å². The van der Waals surface area contributed by atoms with E-state index in [2.05, 4.69) is 0 Å². The van der Waals surface area contributed by atoms with Gasteiger partial charge in [0.05, 0.1) is 5.56 Å². The average Bonchev–Trinajstić information content (AvgIpc) is 2.29. The molecule has 0 spiro atoms. The molecule has 1 heterocycles. The third kappa shape index (κ3) is 1.19. The van der Waals surface area contributed by atoms with Crippen molar-refractivity contribution in [1.29, 1.82) is 0 Å². The number of hydrogen-bond acceptors (Lipinski definition) is 2. The molecule has 16 heavy (non-hydrogen) atoms. The highest BCUT2D eigenvalue weighted by Gasteiger charge is 2.28. The summed E-state index contributed by atoms with van der Waals surface area (Å²) in [4.78, 5) is 0. The molecule has 1 aliphatic rings. The lowest BCUT2D eigenvalue weighted by atomic mass is 9.96. The van der Waals surface area contributed by atoms with E-state index in [1.165, 1.54) is 0 Å². The molecule has 0 aromatic heterocycles. The van der Waals surface area contributed by atoms with Gasteiger partial charge in [0.1, 0.15) is 11.5 Å². The first kappa shape index (κ1) is 9.24. The third-order valence-corrected chi connectivity index (χ3v) is 2.78. The highest BCUT2D eigenvalue weighted by atomic mass is 16.5. The van der Waals surface area contributed by atoms with E-state index in [-0.39, 0.29) is 0 Å². The molecule has 0 amide bonds. The average molecular weight is 212 g/mol. The minimum atomic E-state index is -0.957. The fraction of sp³-hybridized carbons (Fsp3) is 0.0769. The summed E-state index contributed by atoms with van der Waals surface area (Å²) in [6, 6.07) is 12.5. The van der Waals surface area contributed by atoms with Crippen molar-refractivity contribution in [2.45, 2.75) is 6.10 Å². The number of fused-ring (bicyclic) bond motifs is 2. The van der Waals surface area contributed by atoms with Crippen LogP contribution in [0.4, 0.5) is 5.69 Å². The topological polar surface area (TPSA) is 55.2 Å².